The van der Waals surface area contributed by atoms with Crippen molar-refractivity contribution < 1.29 is 14.7 Å². The normalized spacial score (nSPS) is 18.2. The highest BCUT2D eigenvalue weighted by Crippen LogP contribution is 2.40. The molecule has 0 aliphatic carbocycles. The summed E-state index contributed by atoms with van der Waals surface area (Å²) < 4.78 is 0.915. The number of Topliss-reactive ketones (excluding diaryl/α,β-unsaturated/α-hetero) is 1. The molecule has 0 spiro atoms. The second kappa shape index (κ2) is 10.4. The summed E-state index contributed by atoms with van der Waals surface area (Å²) in [5.74, 6) is -1.33. The van der Waals surface area contributed by atoms with E-state index in [1.54, 1.807) is 11.0 Å². The Balaban J connectivity index is 2.13. The Kier molecular flexibility index (Phi) is 8.04. The molecule has 0 aromatic heterocycles. The van der Waals surface area contributed by atoms with Gasteiger partial charge in [0.15, 0.2) is 0 Å². The van der Waals surface area contributed by atoms with E-state index in [1.807, 2.05) is 43.3 Å². The van der Waals surface area contributed by atoms with Crippen LogP contribution in [0.25, 0.3) is 5.76 Å². The van der Waals surface area contributed by atoms with E-state index in [0.717, 1.165) is 28.7 Å². The summed E-state index contributed by atoms with van der Waals surface area (Å²) in [5, 5.41) is 11.3. The molecule has 1 amide bonds. The van der Waals surface area contributed by atoms with Crippen LogP contribution in [-0.4, -0.2) is 52.8 Å². The zero-order chi connectivity index (χ0) is 25.2. The average Bonchev–Trinajstić information content (AvgIpc) is 3.05. The molecular formula is C28H35BrN2O3. The molecule has 0 bridgehead atoms. The van der Waals surface area contributed by atoms with Gasteiger partial charge in [0.2, 0.25) is 0 Å². The van der Waals surface area contributed by atoms with Crippen molar-refractivity contribution in [2.45, 2.75) is 53.0 Å². The maximum Gasteiger partial charge on any atom is 0.295 e. The fourth-order valence-electron chi connectivity index (χ4n) is 4.36. The number of aliphatic hydroxyl groups is 1. The molecule has 2 aromatic rings. The van der Waals surface area contributed by atoms with Gasteiger partial charge in [0.25, 0.3) is 11.7 Å². The average molecular weight is 528 g/mol. The maximum atomic E-state index is 13.2. The Bertz CT molecular complexity index is 1100. The van der Waals surface area contributed by atoms with Crippen LogP contribution in [0, 0.1) is 6.92 Å². The maximum absolute atomic E-state index is 13.2. The van der Waals surface area contributed by atoms with Gasteiger partial charge in [-0.1, -0.05) is 80.9 Å². The van der Waals surface area contributed by atoms with Gasteiger partial charge < -0.3 is 14.9 Å². The SMILES string of the molecule is CCN(CC)CCN1C(=O)C(=O)/C(=C(\O)c2ccc(Br)c(C)c2)C1c1ccc(C(C)(C)C)cc1. The lowest BCUT2D eigenvalue weighted by molar-refractivity contribution is -0.140. The van der Waals surface area contributed by atoms with Crippen LogP contribution in [0.2, 0.25) is 0 Å². The summed E-state index contributed by atoms with van der Waals surface area (Å²) >= 11 is 3.48. The highest BCUT2D eigenvalue weighted by atomic mass is 79.9. The number of amides is 1. The molecule has 5 nitrogen and oxygen atoms in total. The molecule has 2 aromatic carbocycles. The van der Waals surface area contributed by atoms with Crippen LogP contribution in [0.5, 0.6) is 0 Å². The lowest BCUT2D eigenvalue weighted by Gasteiger charge is -2.28. The second-order valence-electron chi connectivity index (χ2n) is 9.86. The third-order valence-corrected chi connectivity index (χ3v) is 7.51. The van der Waals surface area contributed by atoms with Gasteiger partial charge in [-0.25, -0.2) is 0 Å². The molecule has 182 valence electrons. The number of hydrogen-bond donors (Lipinski definition) is 1. The summed E-state index contributed by atoms with van der Waals surface area (Å²) in [6.07, 6.45) is 0. The Morgan fingerprint density at radius 3 is 2.21 bits per heavy atom. The van der Waals surface area contributed by atoms with E-state index in [-0.39, 0.29) is 16.7 Å². The Morgan fingerprint density at radius 2 is 1.68 bits per heavy atom. The first-order valence-electron chi connectivity index (χ1n) is 11.9. The lowest BCUT2D eigenvalue weighted by Crippen LogP contribution is -2.38. The minimum Gasteiger partial charge on any atom is -0.507 e. The standard InChI is InChI=1S/C28H35BrN2O3/c1-7-30(8-2)15-16-31-24(19-9-12-21(13-10-19)28(4,5)6)23(26(33)27(31)34)25(32)20-11-14-22(29)18(3)17-20/h9-14,17,24,32H,7-8,15-16H2,1-6H3/b25-23-. The number of benzene rings is 2. The van der Waals surface area contributed by atoms with Gasteiger partial charge in [0.1, 0.15) is 5.76 Å². The molecule has 1 fully saturated rings. The number of carbonyl (C=O) groups is 2. The number of likely N-dealkylation sites (N-methyl/N-ethyl adjacent to an activating group) is 1. The van der Waals surface area contributed by atoms with Crippen LogP contribution in [0.15, 0.2) is 52.5 Å². The predicted octanol–water partition coefficient (Wildman–Crippen LogP) is 5.82. The Hall–Kier alpha value is -2.44. The quantitative estimate of drug-likeness (QED) is 0.280. The van der Waals surface area contributed by atoms with Gasteiger partial charge in [-0.3, -0.25) is 9.59 Å². The lowest BCUT2D eigenvalue weighted by atomic mass is 9.85. The van der Waals surface area contributed by atoms with E-state index in [9.17, 15) is 14.7 Å². The molecule has 1 saturated heterocycles. The minimum absolute atomic E-state index is 0.0158. The first kappa shape index (κ1) is 26.2. The zero-order valence-electron chi connectivity index (χ0n) is 21.0. The van der Waals surface area contributed by atoms with Gasteiger partial charge in [0.05, 0.1) is 11.6 Å². The highest BCUT2D eigenvalue weighted by Gasteiger charge is 2.46. The van der Waals surface area contributed by atoms with E-state index in [1.165, 1.54) is 5.56 Å². The molecule has 3 rings (SSSR count). The van der Waals surface area contributed by atoms with Gasteiger partial charge >= 0.3 is 0 Å². The third kappa shape index (κ3) is 5.28. The number of aryl methyl sites for hydroxylation is 1. The summed E-state index contributed by atoms with van der Waals surface area (Å²) in [6, 6.07) is 12.8. The van der Waals surface area contributed by atoms with Gasteiger partial charge in [-0.2, -0.15) is 0 Å². The van der Waals surface area contributed by atoms with E-state index < -0.39 is 17.7 Å². The number of hydrogen-bond acceptors (Lipinski definition) is 4. The first-order valence-corrected chi connectivity index (χ1v) is 12.7. The van der Waals surface area contributed by atoms with Crippen LogP contribution < -0.4 is 0 Å². The van der Waals surface area contributed by atoms with Gasteiger partial charge in [-0.05, 0) is 54.3 Å². The van der Waals surface area contributed by atoms with Crippen LogP contribution in [-0.2, 0) is 15.0 Å². The summed E-state index contributed by atoms with van der Waals surface area (Å²) in [5.41, 5.74) is 3.58. The topological polar surface area (TPSA) is 60.9 Å². The summed E-state index contributed by atoms with van der Waals surface area (Å²) in [7, 11) is 0. The van der Waals surface area contributed by atoms with Crippen molar-refractivity contribution in [2.24, 2.45) is 0 Å². The molecule has 1 unspecified atom stereocenters. The second-order valence-corrected chi connectivity index (χ2v) is 10.7. The number of halogens is 1. The molecule has 1 heterocycles. The van der Waals surface area contributed by atoms with E-state index in [4.69, 9.17) is 0 Å². The van der Waals surface area contributed by atoms with Crippen molar-refractivity contribution in [3.05, 3.63) is 74.8 Å². The smallest absolute Gasteiger partial charge is 0.295 e. The predicted molar refractivity (Wildman–Crippen MR) is 141 cm³/mol. The van der Waals surface area contributed by atoms with E-state index >= 15 is 0 Å². The van der Waals surface area contributed by atoms with Crippen molar-refractivity contribution in [2.75, 3.05) is 26.2 Å². The third-order valence-electron chi connectivity index (χ3n) is 6.62. The summed E-state index contributed by atoms with van der Waals surface area (Å²) in [4.78, 5) is 30.3. The van der Waals surface area contributed by atoms with Crippen molar-refractivity contribution in [1.29, 1.82) is 0 Å². The number of aliphatic hydroxyl groups excluding tert-OH is 1. The number of rotatable bonds is 7. The number of nitrogens with zero attached hydrogens (tertiary/aromatic N) is 2. The highest BCUT2D eigenvalue weighted by molar-refractivity contribution is 9.10. The molecule has 0 saturated carbocycles. The van der Waals surface area contributed by atoms with Crippen LogP contribution in [0.1, 0.15) is 62.9 Å². The van der Waals surface area contributed by atoms with Crippen molar-refractivity contribution in [3.63, 3.8) is 0 Å². The monoisotopic (exact) mass is 526 g/mol. The summed E-state index contributed by atoms with van der Waals surface area (Å²) in [6.45, 7) is 15.3. The Morgan fingerprint density at radius 1 is 1.06 bits per heavy atom. The molecule has 6 heteroatoms. The molecule has 1 aliphatic rings. The van der Waals surface area contributed by atoms with Crippen LogP contribution in [0.4, 0.5) is 0 Å². The Labute approximate surface area is 211 Å². The van der Waals surface area contributed by atoms with E-state index in [0.29, 0.717) is 18.7 Å². The molecular weight excluding hydrogens is 492 g/mol. The van der Waals surface area contributed by atoms with Crippen LogP contribution >= 0.6 is 15.9 Å². The van der Waals surface area contributed by atoms with Crippen molar-refractivity contribution in [1.82, 2.24) is 9.80 Å². The van der Waals surface area contributed by atoms with Gasteiger partial charge in [-0.15, -0.1) is 0 Å². The number of ketones is 1. The molecule has 1 aliphatic heterocycles. The van der Waals surface area contributed by atoms with Crippen LogP contribution in [0.3, 0.4) is 0 Å². The fraction of sp³-hybridized carbons (Fsp3) is 0.429. The molecule has 1 atom stereocenters. The molecule has 0 radical (unpaired) electrons. The van der Waals surface area contributed by atoms with Crippen molar-refractivity contribution >= 4 is 33.4 Å². The molecule has 34 heavy (non-hydrogen) atoms. The number of carbonyl (C=O) groups excluding carboxylic acids is 2. The van der Waals surface area contributed by atoms with Gasteiger partial charge in [0, 0.05) is 23.1 Å². The zero-order valence-corrected chi connectivity index (χ0v) is 22.6. The largest absolute Gasteiger partial charge is 0.507 e. The fourth-order valence-corrected chi connectivity index (χ4v) is 4.61. The number of likely N-dealkylation sites (tertiary alicyclic amines) is 1. The van der Waals surface area contributed by atoms with E-state index in [2.05, 4.69) is 55.4 Å². The first-order chi connectivity index (χ1) is 16.0. The minimum atomic E-state index is -0.637. The molecule has 1 N–H and O–H groups in total. The van der Waals surface area contributed by atoms with Crippen molar-refractivity contribution in [3.8, 4) is 0 Å².